The van der Waals surface area contributed by atoms with Crippen molar-refractivity contribution in [3.05, 3.63) is 143 Å². The Morgan fingerprint density at radius 1 is 0.480 bits per heavy atom. The molecule has 1 aliphatic rings. The number of hydrogen-bond donors (Lipinski definition) is 0. The van der Waals surface area contributed by atoms with Crippen molar-refractivity contribution in [3.63, 3.8) is 0 Å². The van der Waals surface area contributed by atoms with Crippen molar-refractivity contribution < 1.29 is 0 Å². The van der Waals surface area contributed by atoms with Gasteiger partial charge < -0.3 is 0 Å². The molecule has 0 radical (unpaired) electrons. The van der Waals surface area contributed by atoms with Crippen molar-refractivity contribution in [3.8, 4) is 12.1 Å². The summed E-state index contributed by atoms with van der Waals surface area (Å²) in [6, 6.07) is 38.5. The molecule has 10 nitrogen and oxygen atoms in total. The van der Waals surface area contributed by atoms with Crippen molar-refractivity contribution in [2.45, 2.75) is 0 Å². The summed E-state index contributed by atoms with van der Waals surface area (Å²) in [6.45, 7) is 15.5. The van der Waals surface area contributed by atoms with Gasteiger partial charge in [0.25, 0.3) is 0 Å². The van der Waals surface area contributed by atoms with E-state index in [9.17, 15) is 10.5 Å². The Morgan fingerprint density at radius 3 is 1.22 bits per heavy atom. The Hall–Kier alpha value is -7.92. The van der Waals surface area contributed by atoms with Crippen LogP contribution in [0.3, 0.4) is 0 Å². The molecular formula is C40H18N10. The Balaban J connectivity index is 1.47. The van der Waals surface area contributed by atoms with E-state index >= 15 is 0 Å². The largest absolute Gasteiger partial charge is 0.272 e. The number of fused-ring (bicyclic) bond motifs is 6. The maximum absolute atomic E-state index is 9.87. The highest BCUT2D eigenvalue weighted by atomic mass is 15.4. The molecule has 1 aliphatic heterocycles. The van der Waals surface area contributed by atoms with Gasteiger partial charge in [0.05, 0.1) is 57.7 Å². The quantitative estimate of drug-likeness (QED) is 0.172. The number of rotatable bonds is 2. The van der Waals surface area contributed by atoms with E-state index in [1.807, 2.05) is 94.7 Å². The molecule has 0 atom stereocenters. The van der Waals surface area contributed by atoms with Crippen molar-refractivity contribution in [1.29, 1.82) is 10.5 Å². The van der Waals surface area contributed by atoms with Gasteiger partial charge in [-0.3, -0.25) is 19.5 Å². The molecule has 0 saturated carbocycles. The molecule has 0 unspecified atom stereocenters. The standard InChI is InChI=1S/C40H18N10/c1-43-29-19-33-34(20-30(29)44-2)48-40-39(47-33)49(35-15-7-11-23-9-3-5-13-27(23)35)37-38(46-32-18-26(22-42)25(21-41)17-31(32)45-37)50(40)36-16-8-12-24-10-4-6-14-28(24)36/h3-20H. The smallest absolute Gasteiger partial charge is 0.196 e. The predicted molar refractivity (Wildman–Crippen MR) is 193 cm³/mol. The van der Waals surface area contributed by atoms with Crippen molar-refractivity contribution in [1.82, 2.24) is 19.9 Å². The van der Waals surface area contributed by atoms with Crippen LogP contribution in [0.25, 0.3) is 53.3 Å². The summed E-state index contributed by atoms with van der Waals surface area (Å²) in [5.41, 5.74) is 4.02. The van der Waals surface area contributed by atoms with Crippen LogP contribution >= 0.6 is 0 Å². The first-order valence-electron chi connectivity index (χ1n) is 15.4. The molecule has 0 saturated heterocycles. The maximum atomic E-state index is 9.87. The van der Waals surface area contributed by atoms with Gasteiger partial charge >= 0.3 is 0 Å². The summed E-state index contributed by atoms with van der Waals surface area (Å²) >= 11 is 0. The van der Waals surface area contributed by atoms with Crippen LogP contribution in [0.4, 0.5) is 46.0 Å². The Kier molecular flexibility index (Phi) is 6.13. The fourth-order valence-corrected chi connectivity index (χ4v) is 6.57. The van der Waals surface area contributed by atoms with Crippen molar-refractivity contribution in [2.24, 2.45) is 0 Å². The van der Waals surface area contributed by atoms with Crippen LogP contribution in [-0.4, -0.2) is 19.9 Å². The lowest BCUT2D eigenvalue weighted by molar-refractivity contribution is 1.03. The van der Waals surface area contributed by atoms with Crippen LogP contribution in [-0.2, 0) is 0 Å². The van der Waals surface area contributed by atoms with E-state index < -0.39 is 0 Å². The number of aromatic nitrogens is 4. The fraction of sp³-hybridized carbons (Fsp3) is 0. The minimum absolute atomic E-state index is 0.184. The lowest BCUT2D eigenvalue weighted by Crippen LogP contribution is -2.28. The number of nitriles is 2. The highest BCUT2D eigenvalue weighted by molar-refractivity contribution is 6.09. The van der Waals surface area contributed by atoms with Crippen LogP contribution in [0.15, 0.2) is 109 Å². The lowest BCUT2D eigenvalue weighted by Gasteiger charge is -2.37. The van der Waals surface area contributed by atoms with Crippen LogP contribution in [0.2, 0.25) is 0 Å². The molecule has 8 aromatic rings. The molecule has 0 N–H and O–H groups in total. The summed E-state index contributed by atoms with van der Waals surface area (Å²) < 4.78 is 0. The van der Waals surface area contributed by atoms with Gasteiger partial charge in [0.1, 0.15) is 12.1 Å². The zero-order valence-electron chi connectivity index (χ0n) is 25.9. The van der Waals surface area contributed by atoms with Crippen LogP contribution < -0.4 is 9.80 Å². The topological polar surface area (TPSA) is 114 Å². The second-order valence-corrected chi connectivity index (χ2v) is 11.6. The molecule has 50 heavy (non-hydrogen) atoms. The zero-order valence-corrected chi connectivity index (χ0v) is 25.9. The SMILES string of the molecule is [C-]#[N+]c1cc2nc3c(nc2cc1[N+]#[C-])N(c1cccc2ccccc12)c1nc2cc(C#N)c(C#N)cc2nc1N3c1cccc2ccccc12. The number of anilines is 6. The van der Waals surface area contributed by atoms with E-state index in [1.165, 1.54) is 0 Å². The van der Waals surface area contributed by atoms with Crippen molar-refractivity contribution >= 4 is 89.6 Å². The van der Waals surface area contributed by atoms with E-state index in [1.54, 1.807) is 24.3 Å². The molecule has 2 aromatic heterocycles. The summed E-state index contributed by atoms with van der Waals surface area (Å²) in [7, 11) is 0. The van der Waals surface area contributed by atoms with Gasteiger partial charge in [0.2, 0.25) is 0 Å². The zero-order chi connectivity index (χ0) is 33.9. The minimum Gasteiger partial charge on any atom is -0.272 e. The van der Waals surface area contributed by atoms with E-state index in [-0.39, 0.29) is 22.5 Å². The molecule has 3 heterocycles. The average molecular weight is 639 g/mol. The first-order chi connectivity index (χ1) is 24.6. The number of hydrogen-bond acceptors (Lipinski definition) is 8. The monoisotopic (exact) mass is 638 g/mol. The molecule has 9 rings (SSSR count). The van der Waals surface area contributed by atoms with E-state index in [2.05, 4.69) is 21.8 Å². The summed E-state index contributed by atoms with van der Waals surface area (Å²) in [5.74, 6) is 1.73. The lowest BCUT2D eigenvalue weighted by atomic mass is 10.1. The molecule has 10 heteroatoms. The van der Waals surface area contributed by atoms with Gasteiger partial charge in [0, 0.05) is 10.8 Å². The average Bonchev–Trinajstić information content (AvgIpc) is 3.17. The van der Waals surface area contributed by atoms with Crippen LogP contribution in [0, 0.1) is 35.8 Å². The Bertz CT molecular complexity index is 2630. The first-order valence-corrected chi connectivity index (χ1v) is 15.4. The van der Waals surface area contributed by atoms with Gasteiger partial charge in [0.15, 0.2) is 34.6 Å². The molecule has 0 amide bonds. The third-order valence-electron chi connectivity index (χ3n) is 8.84. The summed E-state index contributed by atoms with van der Waals surface area (Å²) in [4.78, 5) is 31.7. The minimum atomic E-state index is 0.184. The Labute approximate surface area is 284 Å². The third kappa shape index (κ3) is 4.11. The normalized spacial score (nSPS) is 11.8. The van der Waals surface area contributed by atoms with E-state index in [4.69, 9.17) is 33.1 Å². The molecular weight excluding hydrogens is 621 g/mol. The van der Waals surface area contributed by atoms with Gasteiger partial charge in [-0.15, -0.1) is 0 Å². The number of benzene rings is 6. The first kappa shape index (κ1) is 28.3. The Morgan fingerprint density at radius 2 is 0.840 bits per heavy atom. The summed E-state index contributed by atoms with van der Waals surface area (Å²) in [6.07, 6.45) is 0. The molecule has 0 fully saturated rings. The third-order valence-corrected chi connectivity index (χ3v) is 8.84. The van der Waals surface area contributed by atoms with Gasteiger partial charge in [-0.05, 0) is 47.2 Å². The maximum Gasteiger partial charge on any atom is 0.196 e. The highest BCUT2D eigenvalue weighted by Gasteiger charge is 2.37. The molecule has 0 aliphatic carbocycles. The molecule has 0 spiro atoms. The summed E-state index contributed by atoms with van der Waals surface area (Å²) in [5, 5.41) is 23.6. The van der Waals surface area contributed by atoms with Gasteiger partial charge in [-0.25, -0.2) is 19.9 Å². The van der Waals surface area contributed by atoms with E-state index in [0.29, 0.717) is 45.3 Å². The van der Waals surface area contributed by atoms with Gasteiger partial charge in [-0.1, -0.05) is 72.8 Å². The van der Waals surface area contributed by atoms with E-state index in [0.717, 1.165) is 32.9 Å². The highest BCUT2D eigenvalue weighted by Crippen LogP contribution is 2.54. The van der Waals surface area contributed by atoms with Crippen LogP contribution in [0.1, 0.15) is 11.1 Å². The molecule has 228 valence electrons. The number of nitrogens with zero attached hydrogens (tertiary/aromatic N) is 10. The molecule has 0 bridgehead atoms. The van der Waals surface area contributed by atoms with Crippen LogP contribution in [0.5, 0.6) is 0 Å². The van der Waals surface area contributed by atoms with Crippen molar-refractivity contribution in [2.75, 3.05) is 9.80 Å². The second kappa shape index (κ2) is 10.8. The molecule has 6 aromatic carbocycles. The second-order valence-electron chi connectivity index (χ2n) is 11.6. The predicted octanol–water partition coefficient (Wildman–Crippen LogP) is 9.98. The fourth-order valence-electron chi connectivity index (χ4n) is 6.57. The van der Waals surface area contributed by atoms with Gasteiger partial charge in [-0.2, -0.15) is 10.5 Å².